The lowest BCUT2D eigenvalue weighted by Gasteiger charge is -2.30. The highest BCUT2D eigenvalue weighted by Gasteiger charge is 2.22. The smallest absolute Gasteiger partial charge is 0.0541 e. The molecule has 0 aliphatic carbocycles. The summed E-state index contributed by atoms with van der Waals surface area (Å²) in [5.41, 5.74) is 18.5. The van der Waals surface area contributed by atoms with Gasteiger partial charge in [-0.3, -0.25) is 0 Å². The molecule has 0 N–H and O–H groups in total. The summed E-state index contributed by atoms with van der Waals surface area (Å²) in [6.45, 7) is 0. The molecule has 0 saturated heterocycles. The van der Waals surface area contributed by atoms with E-state index in [2.05, 4.69) is 264 Å². The van der Waals surface area contributed by atoms with E-state index >= 15 is 0 Å². The second-order valence-electron chi connectivity index (χ2n) is 15.7. The van der Waals surface area contributed by atoms with Gasteiger partial charge in [-0.2, -0.15) is 0 Å². The number of anilines is 3. The van der Waals surface area contributed by atoms with Crippen molar-refractivity contribution in [2.24, 2.45) is 0 Å². The van der Waals surface area contributed by atoms with Crippen LogP contribution in [-0.2, 0) is 0 Å². The molecule has 10 aromatic carbocycles. The summed E-state index contributed by atoms with van der Waals surface area (Å²) in [5, 5.41) is 2.50. The first-order valence-corrected chi connectivity index (χ1v) is 21.3. The maximum absolute atomic E-state index is 2.45. The van der Waals surface area contributed by atoms with Crippen LogP contribution < -0.4 is 4.90 Å². The maximum atomic E-state index is 2.45. The molecule has 292 valence electrons. The molecule has 0 atom stereocenters. The molecule has 0 saturated carbocycles. The summed E-state index contributed by atoms with van der Waals surface area (Å²) in [6.07, 6.45) is 0. The number of hydrogen-bond donors (Lipinski definition) is 0. The molecule has 2 heteroatoms. The van der Waals surface area contributed by atoms with Gasteiger partial charge in [0.25, 0.3) is 0 Å². The molecule has 0 spiro atoms. The molecule has 0 aliphatic heterocycles. The minimum absolute atomic E-state index is 1.06. The van der Waals surface area contributed by atoms with Crippen molar-refractivity contribution in [1.82, 2.24) is 4.57 Å². The molecule has 1 aromatic heterocycles. The maximum Gasteiger partial charge on any atom is 0.0541 e. The van der Waals surface area contributed by atoms with Crippen molar-refractivity contribution in [2.75, 3.05) is 4.90 Å². The van der Waals surface area contributed by atoms with Gasteiger partial charge >= 0.3 is 0 Å². The Morgan fingerprint density at radius 3 is 1.21 bits per heavy atom. The number of fused-ring (bicyclic) bond motifs is 3. The topological polar surface area (TPSA) is 8.17 Å². The van der Waals surface area contributed by atoms with Crippen molar-refractivity contribution in [3.05, 3.63) is 255 Å². The van der Waals surface area contributed by atoms with E-state index in [4.69, 9.17) is 0 Å². The number of hydrogen-bond acceptors (Lipinski definition) is 1. The second-order valence-corrected chi connectivity index (χ2v) is 15.7. The van der Waals surface area contributed by atoms with E-state index in [1.807, 2.05) is 0 Å². The highest BCUT2D eigenvalue weighted by molar-refractivity contribution is 6.09. The minimum Gasteiger partial charge on any atom is -0.310 e. The average Bonchev–Trinajstić information content (AvgIpc) is 3.70. The van der Waals surface area contributed by atoms with Crippen LogP contribution in [0.4, 0.5) is 17.1 Å². The first-order valence-electron chi connectivity index (χ1n) is 21.3. The third-order valence-electron chi connectivity index (χ3n) is 12.0. The SMILES string of the molecule is c1ccc(-c2cc(-c3ccccc3)cc(N(c3ccc(-n4c5ccccc5c5ccccc54)cc3)c3ccccc3-c3ccccc3-c3ccccc3-c3ccccc3)c2)cc1. The normalized spacial score (nSPS) is 11.2. The predicted molar refractivity (Wildman–Crippen MR) is 263 cm³/mol. The summed E-state index contributed by atoms with van der Waals surface area (Å²) < 4.78 is 2.39. The lowest BCUT2D eigenvalue weighted by atomic mass is 9.88. The molecule has 0 amide bonds. The van der Waals surface area contributed by atoms with Gasteiger partial charge in [0.2, 0.25) is 0 Å². The standard InChI is InChI=1S/C60H42N2/c1-4-20-43(21-5-1)46-40-47(44-22-6-2-7-23-44)42-50(41-46)61(48-36-38-49(39-37-48)62-59-34-18-15-31-56(59)57-32-16-19-35-60(57)62)58-33-17-14-30-55(58)54-29-13-12-28-53(54)52-27-11-10-26-51(52)45-24-8-3-9-25-45/h1-42H. The Balaban J connectivity index is 1.14. The van der Waals surface area contributed by atoms with Crippen molar-refractivity contribution in [3.8, 4) is 61.3 Å². The third-order valence-corrected chi connectivity index (χ3v) is 12.0. The van der Waals surface area contributed by atoms with Gasteiger partial charge in [-0.1, -0.05) is 194 Å². The molecule has 11 rings (SSSR count). The number of aromatic nitrogens is 1. The lowest BCUT2D eigenvalue weighted by molar-refractivity contribution is 1.17. The Bertz CT molecular complexity index is 3220. The van der Waals surface area contributed by atoms with Crippen molar-refractivity contribution in [3.63, 3.8) is 0 Å². The molecule has 0 fully saturated rings. The summed E-state index contributed by atoms with van der Waals surface area (Å²) in [5.74, 6) is 0. The Labute approximate surface area is 362 Å². The van der Waals surface area contributed by atoms with Crippen LogP contribution in [0.1, 0.15) is 0 Å². The molecule has 11 aromatic rings. The molecule has 0 aliphatic rings. The Hall–Kier alpha value is -8.20. The van der Waals surface area contributed by atoms with Gasteiger partial charge in [-0.05, 0) is 111 Å². The molecular formula is C60H42N2. The van der Waals surface area contributed by atoms with Crippen LogP contribution in [0.3, 0.4) is 0 Å². The van der Waals surface area contributed by atoms with Crippen LogP contribution in [0.15, 0.2) is 255 Å². The average molecular weight is 791 g/mol. The van der Waals surface area contributed by atoms with Gasteiger partial charge in [0.1, 0.15) is 0 Å². The van der Waals surface area contributed by atoms with E-state index in [1.54, 1.807) is 0 Å². The monoisotopic (exact) mass is 790 g/mol. The zero-order valence-corrected chi connectivity index (χ0v) is 34.1. The zero-order valence-electron chi connectivity index (χ0n) is 34.1. The summed E-state index contributed by atoms with van der Waals surface area (Å²) in [4.78, 5) is 2.45. The van der Waals surface area contributed by atoms with Crippen LogP contribution in [0.5, 0.6) is 0 Å². The van der Waals surface area contributed by atoms with Crippen molar-refractivity contribution in [1.29, 1.82) is 0 Å². The Morgan fingerprint density at radius 2 is 0.661 bits per heavy atom. The summed E-state index contributed by atoms with van der Waals surface area (Å²) in [7, 11) is 0. The molecule has 0 radical (unpaired) electrons. The molecule has 1 heterocycles. The van der Waals surface area contributed by atoms with Gasteiger partial charge < -0.3 is 9.47 Å². The van der Waals surface area contributed by atoms with Gasteiger partial charge in [0, 0.05) is 33.4 Å². The quantitative estimate of drug-likeness (QED) is 0.141. The van der Waals surface area contributed by atoms with Crippen LogP contribution in [0.2, 0.25) is 0 Å². The molecule has 2 nitrogen and oxygen atoms in total. The van der Waals surface area contributed by atoms with Gasteiger partial charge in [0.15, 0.2) is 0 Å². The highest BCUT2D eigenvalue weighted by Crippen LogP contribution is 2.47. The zero-order chi connectivity index (χ0) is 41.2. The number of para-hydroxylation sites is 3. The third kappa shape index (κ3) is 6.74. The minimum atomic E-state index is 1.06. The van der Waals surface area contributed by atoms with E-state index in [1.165, 1.54) is 60.8 Å². The van der Waals surface area contributed by atoms with Crippen molar-refractivity contribution >= 4 is 38.9 Å². The second kappa shape index (κ2) is 16.1. The predicted octanol–water partition coefficient (Wildman–Crippen LogP) is 16.6. The number of rotatable bonds is 9. The van der Waals surface area contributed by atoms with Gasteiger partial charge in [0.05, 0.1) is 16.7 Å². The fourth-order valence-corrected chi connectivity index (χ4v) is 9.15. The van der Waals surface area contributed by atoms with E-state index in [0.29, 0.717) is 0 Å². The van der Waals surface area contributed by atoms with Gasteiger partial charge in [-0.25, -0.2) is 0 Å². The van der Waals surface area contributed by atoms with E-state index in [0.717, 1.165) is 39.4 Å². The molecule has 62 heavy (non-hydrogen) atoms. The van der Waals surface area contributed by atoms with Crippen LogP contribution >= 0.6 is 0 Å². The highest BCUT2D eigenvalue weighted by atomic mass is 15.1. The molecule has 0 bridgehead atoms. The van der Waals surface area contributed by atoms with E-state index < -0.39 is 0 Å². The Kier molecular flexibility index (Phi) is 9.57. The van der Waals surface area contributed by atoms with Crippen molar-refractivity contribution < 1.29 is 0 Å². The summed E-state index contributed by atoms with van der Waals surface area (Å²) in [6, 6.07) is 92.2. The largest absolute Gasteiger partial charge is 0.310 e. The summed E-state index contributed by atoms with van der Waals surface area (Å²) >= 11 is 0. The Morgan fingerprint density at radius 1 is 0.258 bits per heavy atom. The molecular weight excluding hydrogens is 749 g/mol. The lowest BCUT2D eigenvalue weighted by Crippen LogP contribution is -2.12. The fourth-order valence-electron chi connectivity index (χ4n) is 9.15. The first-order chi connectivity index (χ1) is 30.8. The fraction of sp³-hybridized carbons (Fsp3) is 0. The van der Waals surface area contributed by atoms with E-state index in [-0.39, 0.29) is 0 Å². The van der Waals surface area contributed by atoms with Crippen LogP contribution in [0, 0.1) is 0 Å². The first kappa shape index (κ1) is 36.8. The van der Waals surface area contributed by atoms with Crippen LogP contribution in [0.25, 0.3) is 83.1 Å². The van der Waals surface area contributed by atoms with Gasteiger partial charge in [-0.15, -0.1) is 0 Å². The van der Waals surface area contributed by atoms with Crippen molar-refractivity contribution in [2.45, 2.75) is 0 Å². The van der Waals surface area contributed by atoms with Crippen LogP contribution in [-0.4, -0.2) is 4.57 Å². The molecule has 0 unspecified atom stereocenters. The van der Waals surface area contributed by atoms with E-state index in [9.17, 15) is 0 Å². The number of benzene rings is 10. The number of nitrogens with zero attached hydrogens (tertiary/aromatic N) is 2.